The van der Waals surface area contributed by atoms with E-state index < -0.39 is 0 Å². The molecule has 1 aromatic carbocycles. The van der Waals surface area contributed by atoms with Crippen LogP contribution in [-0.4, -0.2) is 15.0 Å². The van der Waals surface area contributed by atoms with E-state index in [9.17, 15) is 0 Å². The van der Waals surface area contributed by atoms with Gasteiger partial charge in [0.25, 0.3) is 0 Å². The summed E-state index contributed by atoms with van der Waals surface area (Å²) >= 11 is 0. The molecule has 0 radical (unpaired) electrons. The molecule has 0 spiro atoms. The predicted octanol–water partition coefficient (Wildman–Crippen LogP) is 2.81. The van der Waals surface area contributed by atoms with Crippen molar-refractivity contribution < 1.29 is 0 Å². The minimum absolute atomic E-state index is 0.821. The molecule has 0 amide bonds. The van der Waals surface area contributed by atoms with Gasteiger partial charge in [-0.05, 0) is 24.6 Å². The van der Waals surface area contributed by atoms with E-state index in [0.29, 0.717) is 0 Å². The van der Waals surface area contributed by atoms with Gasteiger partial charge in [-0.15, -0.1) is 0 Å². The Morgan fingerprint density at radius 1 is 0.833 bits per heavy atom. The smallest absolute Gasteiger partial charge is 0.129 e. The highest BCUT2D eigenvalue weighted by molar-refractivity contribution is 5.77. The number of para-hydroxylation sites is 1. The molecule has 2 aromatic heterocycles. The fraction of sp³-hybridized carbons (Fsp3) is 0.133. The van der Waals surface area contributed by atoms with Gasteiger partial charge in [0.1, 0.15) is 5.82 Å². The van der Waals surface area contributed by atoms with Crippen LogP contribution in [0.5, 0.6) is 0 Å². The number of rotatable bonds is 3. The highest BCUT2D eigenvalue weighted by Gasteiger charge is 2.01. The third-order valence-electron chi connectivity index (χ3n) is 2.87. The molecule has 3 heteroatoms. The molecule has 0 fully saturated rings. The Bertz CT molecular complexity index is 650. The second kappa shape index (κ2) is 4.92. The van der Waals surface area contributed by atoms with Gasteiger partial charge in [-0.1, -0.05) is 24.3 Å². The zero-order chi connectivity index (χ0) is 12.2. The molecule has 0 aliphatic heterocycles. The molecule has 18 heavy (non-hydrogen) atoms. The largest absolute Gasteiger partial charge is 0.261 e. The van der Waals surface area contributed by atoms with Crippen LogP contribution < -0.4 is 0 Å². The molecule has 3 nitrogen and oxygen atoms in total. The van der Waals surface area contributed by atoms with Gasteiger partial charge >= 0.3 is 0 Å². The predicted molar refractivity (Wildman–Crippen MR) is 71.2 cm³/mol. The highest BCUT2D eigenvalue weighted by Crippen LogP contribution is 2.10. The summed E-state index contributed by atoms with van der Waals surface area (Å²) < 4.78 is 0. The number of aryl methyl sites for hydroxylation is 2. The fourth-order valence-corrected chi connectivity index (χ4v) is 1.92. The Morgan fingerprint density at radius 3 is 2.61 bits per heavy atom. The summed E-state index contributed by atoms with van der Waals surface area (Å²) in [5.74, 6) is 0.874. The lowest BCUT2D eigenvalue weighted by Gasteiger charge is -2.02. The second-order valence-electron chi connectivity index (χ2n) is 4.17. The summed E-state index contributed by atoms with van der Waals surface area (Å²) in [4.78, 5) is 13.2. The number of aromatic nitrogens is 3. The van der Waals surface area contributed by atoms with Crippen molar-refractivity contribution in [2.24, 2.45) is 0 Å². The molecule has 0 aliphatic carbocycles. The van der Waals surface area contributed by atoms with Crippen LogP contribution in [0.15, 0.2) is 54.9 Å². The molecular weight excluding hydrogens is 222 g/mol. The molecule has 88 valence electrons. The second-order valence-corrected chi connectivity index (χ2v) is 4.17. The van der Waals surface area contributed by atoms with Crippen LogP contribution in [0.2, 0.25) is 0 Å². The first kappa shape index (κ1) is 10.8. The van der Waals surface area contributed by atoms with E-state index in [2.05, 4.69) is 15.0 Å². The number of fused-ring (bicyclic) bond motifs is 1. The van der Waals surface area contributed by atoms with Crippen molar-refractivity contribution in [1.29, 1.82) is 0 Å². The number of benzene rings is 1. The minimum atomic E-state index is 0.821. The summed E-state index contributed by atoms with van der Waals surface area (Å²) in [6.07, 6.45) is 5.40. The Hall–Kier alpha value is -2.29. The normalized spacial score (nSPS) is 10.7. The van der Waals surface area contributed by atoms with E-state index in [1.54, 1.807) is 0 Å². The van der Waals surface area contributed by atoms with Crippen molar-refractivity contribution >= 4 is 10.9 Å². The average molecular weight is 235 g/mol. The van der Waals surface area contributed by atoms with E-state index in [1.807, 2.05) is 54.9 Å². The monoisotopic (exact) mass is 235 g/mol. The van der Waals surface area contributed by atoms with Gasteiger partial charge in [0, 0.05) is 29.9 Å². The van der Waals surface area contributed by atoms with Crippen molar-refractivity contribution in [3.63, 3.8) is 0 Å². The SMILES string of the molecule is c1ccc(CCc2ncc3ccccc3n2)nc1. The first-order chi connectivity index (χ1) is 8.92. The standard InChI is InChI=1S/C15H13N3/c1-2-7-14-12(5-1)11-17-15(18-14)9-8-13-6-3-4-10-16-13/h1-7,10-11H,8-9H2. The van der Waals surface area contributed by atoms with E-state index >= 15 is 0 Å². The number of nitrogens with zero attached hydrogens (tertiary/aromatic N) is 3. The van der Waals surface area contributed by atoms with Crippen LogP contribution in [-0.2, 0) is 12.8 Å². The lowest BCUT2D eigenvalue weighted by Crippen LogP contribution is -1.99. The van der Waals surface area contributed by atoms with Crippen LogP contribution in [0.1, 0.15) is 11.5 Å². The molecular formula is C15H13N3. The van der Waals surface area contributed by atoms with Crippen molar-refractivity contribution in [1.82, 2.24) is 15.0 Å². The van der Waals surface area contributed by atoms with Crippen LogP contribution >= 0.6 is 0 Å². The van der Waals surface area contributed by atoms with Crippen LogP contribution in [0, 0.1) is 0 Å². The van der Waals surface area contributed by atoms with Crippen LogP contribution in [0.4, 0.5) is 0 Å². The van der Waals surface area contributed by atoms with Gasteiger partial charge in [0.15, 0.2) is 0 Å². The maximum Gasteiger partial charge on any atom is 0.129 e. The zero-order valence-corrected chi connectivity index (χ0v) is 9.95. The Kier molecular flexibility index (Phi) is 2.96. The number of pyridine rings is 1. The molecule has 0 aliphatic rings. The topological polar surface area (TPSA) is 38.7 Å². The van der Waals surface area contributed by atoms with Gasteiger partial charge < -0.3 is 0 Å². The molecule has 0 saturated carbocycles. The summed E-state index contributed by atoms with van der Waals surface area (Å²) in [6.45, 7) is 0. The average Bonchev–Trinajstić information content (AvgIpc) is 2.46. The maximum atomic E-state index is 4.55. The lowest BCUT2D eigenvalue weighted by molar-refractivity contribution is 0.845. The van der Waals surface area contributed by atoms with E-state index in [0.717, 1.165) is 35.3 Å². The van der Waals surface area contributed by atoms with Crippen molar-refractivity contribution in [2.45, 2.75) is 12.8 Å². The number of hydrogen-bond donors (Lipinski definition) is 0. The molecule has 3 rings (SSSR count). The quantitative estimate of drug-likeness (QED) is 0.700. The molecule has 3 aromatic rings. The van der Waals surface area contributed by atoms with Gasteiger partial charge in [0.2, 0.25) is 0 Å². The van der Waals surface area contributed by atoms with E-state index in [1.165, 1.54) is 0 Å². The van der Waals surface area contributed by atoms with Gasteiger partial charge in [-0.3, -0.25) is 4.98 Å². The molecule has 2 heterocycles. The fourth-order valence-electron chi connectivity index (χ4n) is 1.92. The van der Waals surface area contributed by atoms with E-state index in [-0.39, 0.29) is 0 Å². The van der Waals surface area contributed by atoms with E-state index in [4.69, 9.17) is 0 Å². The Balaban J connectivity index is 1.79. The molecule has 0 saturated heterocycles. The van der Waals surface area contributed by atoms with Crippen molar-refractivity contribution in [3.05, 3.63) is 66.4 Å². The van der Waals surface area contributed by atoms with Crippen molar-refractivity contribution in [3.8, 4) is 0 Å². The van der Waals surface area contributed by atoms with Gasteiger partial charge in [-0.2, -0.15) is 0 Å². The summed E-state index contributed by atoms with van der Waals surface area (Å²) in [7, 11) is 0. The summed E-state index contributed by atoms with van der Waals surface area (Å²) in [5, 5.41) is 1.08. The number of hydrogen-bond acceptors (Lipinski definition) is 3. The van der Waals surface area contributed by atoms with Crippen LogP contribution in [0.3, 0.4) is 0 Å². The molecule has 0 atom stereocenters. The Morgan fingerprint density at radius 2 is 1.72 bits per heavy atom. The molecule has 0 unspecified atom stereocenters. The van der Waals surface area contributed by atoms with Gasteiger partial charge in [-0.25, -0.2) is 9.97 Å². The molecule has 0 bridgehead atoms. The summed E-state index contributed by atoms with van der Waals surface area (Å²) in [6, 6.07) is 14.0. The third kappa shape index (κ3) is 2.35. The maximum absolute atomic E-state index is 4.55. The van der Waals surface area contributed by atoms with Gasteiger partial charge in [0.05, 0.1) is 5.52 Å². The highest BCUT2D eigenvalue weighted by atomic mass is 14.9. The van der Waals surface area contributed by atoms with Crippen molar-refractivity contribution in [2.75, 3.05) is 0 Å². The molecule has 0 N–H and O–H groups in total. The minimum Gasteiger partial charge on any atom is -0.261 e. The first-order valence-electron chi connectivity index (χ1n) is 6.02. The lowest BCUT2D eigenvalue weighted by atomic mass is 10.2. The first-order valence-corrected chi connectivity index (χ1v) is 6.02. The summed E-state index contributed by atoms with van der Waals surface area (Å²) in [5.41, 5.74) is 2.08. The zero-order valence-electron chi connectivity index (χ0n) is 9.95. The van der Waals surface area contributed by atoms with Crippen LogP contribution in [0.25, 0.3) is 10.9 Å². The Labute approximate surface area is 106 Å². The third-order valence-corrected chi connectivity index (χ3v) is 2.87.